The standard InChI is InChI=1S/C12H16N4O3S/c1-8(2)16-12(17)7-15-20(18,19)11-4-3-9(6-13)5-10(11)14/h3-5,8,15H,7,14H2,1-2H3,(H,16,17). The summed E-state index contributed by atoms with van der Waals surface area (Å²) in [6, 6.07) is 5.63. The Morgan fingerprint density at radius 3 is 2.60 bits per heavy atom. The van der Waals surface area contributed by atoms with E-state index in [1.54, 1.807) is 13.8 Å². The molecule has 1 aromatic carbocycles. The van der Waals surface area contributed by atoms with Crippen molar-refractivity contribution in [2.45, 2.75) is 24.8 Å². The van der Waals surface area contributed by atoms with Gasteiger partial charge < -0.3 is 11.1 Å². The molecule has 0 aliphatic rings. The number of nitriles is 1. The van der Waals surface area contributed by atoms with Crippen LogP contribution in [-0.2, 0) is 14.8 Å². The van der Waals surface area contributed by atoms with E-state index in [2.05, 4.69) is 10.0 Å². The number of nitrogens with one attached hydrogen (secondary N) is 2. The van der Waals surface area contributed by atoms with Gasteiger partial charge in [0.15, 0.2) is 0 Å². The van der Waals surface area contributed by atoms with E-state index in [-0.39, 0.29) is 28.7 Å². The Balaban J connectivity index is 2.85. The van der Waals surface area contributed by atoms with E-state index >= 15 is 0 Å². The molecule has 0 aliphatic heterocycles. The number of nitrogens with two attached hydrogens (primary N) is 1. The van der Waals surface area contributed by atoms with Gasteiger partial charge in [0.05, 0.1) is 23.9 Å². The number of rotatable bonds is 5. The van der Waals surface area contributed by atoms with Gasteiger partial charge in [0.1, 0.15) is 4.90 Å². The minimum Gasteiger partial charge on any atom is -0.398 e. The van der Waals surface area contributed by atoms with Crippen LogP contribution in [0, 0.1) is 11.3 Å². The van der Waals surface area contributed by atoms with Crippen molar-refractivity contribution in [3.63, 3.8) is 0 Å². The summed E-state index contributed by atoms with van der Waals surface area (Å²) in [5.41, 5.74) is 5.82. The number of hydrogen-bond donors (Lipinski definition) is 3. The largest absolute Gasteiger partial charge is 0.398 e. The van der Waals surface area contributed by atoms with Crippen LogP contribution in [-0.4, -0.2) is 26.9 Å². The number of amides is 1. The van der Waals surface area contributed by atoms with Gasteiger partial charge in [-0.05, 0) is 32.0 Å². The molecule has 0 aromatic heterocycles. The third kappa shape index (κ3) is 4.22. The van der Waals surface area contributed by atoms with E-state index in [0.717, 1.165) is 0 Å². The number of nitrogen functional groups attached to an aromatic ring is 1. The van der Waals surface area contributed by atoms with E-state index in [0.29, 0.717) is 0 Å². The molecule has 1 aromatic rings. The molecule has 0 spiro atoms. The number of sulfonamides is 1. The summed E-state index contributed by atoms with van der Waals surface area (Å²) in [5.74, 6) is -0.434. The highest BCUT2D eigenvalue weighted by Crippen LogP contribution is 2.19. The highest BCUT2D eigenvalue weighted by Gasteiger charge is 2.18. The second-order valence-corrected chi connectivity index (χ2v) is 6.15. The molecular formula is C12H16N4O3S. The Kier molecular flexibility index (Phi) is 5.07. The molecule has 20 heavy (non-hydrogen) atoms. The Morgan fingerprint density at radius 2 is 2.10 bits per heavy atom. The van der Waals surface area contributed by atoms with Crippen molar-refractivity contribution < 1.29 is 13.2 Å². The molecule has 0 fully saturated rings. The molecule has 0 heterocycles. The lowest BCUT2D eigenvalue weighted by Gasteiger charge is -2.11. The van der Waals surface area contributed by atoms with Crippen molar-refractivity contribution in [1.82, 2.24) is 10.0 Å². The van der Waals surface area contributed by atoms with E-state index < -0.39 is 15.9 Å². The van der Waals surface area contributed by atoms with Crippen molar-refractivity contribution in [3.8, 4) is 6.07 Å². The van der Waals surface area contributed by atoms with Crippen molar-refractivity contribution >= 4 is 21.6 Å². The fourth-order valence-corrected chi connectivity index (χ4v) is 2.57. The van der Waals surface area contributed by atoms with Crippen LogP contribution in [0.4, 0.5) is 5.69 Å². The highest BCUT2D eigenvalue weighted by molar-refractivity contribution is 7.89. The summed E-state index contributed by atoms with van der Waals surface area (Å²) in [7, 11) is -3.89. The second kappa shape index (κ2) is 6.36. The third-order valence-corrected chi connectivity index (χ3v) is 3.78. The molecule has 1 rings (SSSR count). The van der Waals surface area contributed by atoms with Crippen molar-refractivity contribution in [2.24, 2.45) is 0 Å². The SMILES string of the molecule is CC(C)NC(=O)CNS(=O)(=O)c1ccc(C#N)cc1N. The maximum absolute atomic E-state index is 12.0. The van der Waals surface area contributed by atoms with Gasteiger partial charge in [-0.3, -0.25) is 4.79 Å². The van der Waals surface area contributed by atoms with Crippen LogP contribution in [0.15, 0.2) is 23.1 Å². The second-order valence-electron chi connectivity index (χ2n) is 4.41. The zero-order valence-electron chi connectivity index (χ0n) is 11.2. The van der Waals surface area contributed by atoms with Gasteiger partial charge in [-0.2, -0.15) is 5.26 Å². The number of hydrogen-bond acceptors (Lipinski definition) is 5. The molecule has 4 N–H and O–H groups in total. The number of carbonyl (C=O) groups is 1. The number of anilines is 1. The van der Waals surface area contributed by atoms with Crippen LogP contribution >= 0.6 is 0 Å². The molecule has 8 heteroatoms. The maximum atomic E-state index is 12.0. The Hall–Kier alpha value is -2.11. The van der Waals surface area contributed by atoms with E-state index in [4.69, 9.17) is 11.0 Å². The normalized spacial score (nSPS) is 11.1. The fraction of sp³-hybridized carbons (Fsp3) is 0.333. The summed E-state index contributed by atoms with van der Waals surface area (Å²) in [6.07, 6.45) is 0. The molecule has 0 bridgehead atoms. The van der Waals surface area contributed by atoms with E-state index in [1.165, 1.54) is 18.2 Å². The highest BCUT2D eigenvalue weighted by atomic mass is 32.2. The third-order valence-electron chi connectivity index (χ3n) is 2.30. The van der Waals surface area contributed by atoms with Crippen molar-refractivity contribution in [2.75, 3.05) is 12.3 Å². The molecule has 0 saturated heterocycles. The van der Waals surface area contributed by atoms with Gasteiger partial charge >= 0.3 is 0 Å². The smallest absolute Gasteiger partial charge is 0.243 e. The van der Waals surface area contributed by atoms with Gasteiger partial charge in [-0.15, -0.1) is 0 Å². The molecule has 0 saturated carbocycles. The molecule has 0 unspecified atom stereocenters. The molecule has 108 valence electrons. The predicted molar refractivity (Wildman–Crippen MR) is 74.0 cm³/mol. The molecule has 7 nitrogen and oxygen atoms in total. The first-order chi connectivity index (χ1) is 9.26. The number of benzene rings is 1. The van der Waals surface area contributed by atoms with Crippen LogP contribution in [0.25, 0.3) is 0 Å². The first kappa shape index (κ1) is 15.9. The summed E-state index contributed by atoms with van der Waals surface area (Å²) in [4.78, 5) is 11.2. The van der Waals surface area contributed by atoms with Crippen LogP contribution in [0.1, 0.15) is 19.4 Å². The van der Waals surface area contributed by atoms with Crippen LogP contribution in [0.5, 0.6) is 0 Å². The van der Waals surface area contributed by atoms with Gasteiger partial charge in [0, 0.05) is 6.04 Å². The average Bonchev–Trinajstić information content (AvgIpc) is 2.35. The lowest BCUT2D eigenvalue weighted by molar-refractivity contribution is -0.120. The molecule has 0 aliphatic carbocycles. The fourth-order valence-electron chi connectivity index (χ4n) is 1.47. The summed E-state index contributed by atoms with van der Waals surface area (Å²) >= 11 is 0. The number of nitrogens with zero attached hydrogens (tertiary/aromatic N) is 1. The monoisotopic (exact) mass is 296 g/mol. The van der Waals surface area contributed by atoms with Gasteiger partial charge in [-0.1, -0.05) is 0 Å². The lowest BCUT2D eigenvalue weighted by atomic mass is 10.2. The van der Waals surface area contributed by atoms with Crippen molar-refractivity contribution in [1.29, 1.82) is 5.26 Å². The van der Waals surface area contributed by atoms with E-state index in [9.17, 15) is 13.2 Å². The molecular weight excluding hydrogens is 280 g/mol. The topological polar surface area (TPSA) is 125 Å². The van der Waals surface area contributed by atoms with Crippen molar-refractivity contribution in [3.05, 3.63) is 23.8 Å². The quantitative estimate of drug-likeness (QED) is 0.657. The number of carbonyl (C=O) groups excluding carboxylic acids is 1. The summed E-state index contributed by atoms with van der Waals surface area (Å²) < 4.78 is 26.1. The average molecular weight is 296 g/mol. The maximum Gasteiger partial charge on any atom is 0.243 e. The Labute approximate surface area is 117 Å². The lowest BCUT2D eigenvalue weighted by Crippen LogP contribution is -2.39. The predicted octanol–water partition coefficient (Wildman–Crippen LogP) is -0.0566. The summed E-state index contributed by atoms with van der Waals surface area (Å²) in [6.45, 7) is 3.16. The van der Waals surface area contributed by atoms with Crippen LogP contribution in [0.3, 0.4) is 0 Å². The van der Waals surface area contributed by atoms with Crippen LogP contribution in [0.2, 0.25) is 0 Å². The zero-order valence-corrected chi connectivity index (χ0v) is 12.0. The molecule has 0 radical (unpaired) electrons. The van der Waals surface area contributed by atoms with Gasteiger partial charge in [0.25, 0.3) is 0 Å². The Bertz CT molecular complexity index is 647. The first-order valence-electron chi connectivity index (χ1n) is 5.85. The minimum absolute atomic E-state index is 0.0409. The van der Waals surface area contributed by atoms with E-state index in [1.807, 2.05) is 6.07 Å². The molecule has 0 atom stereocenters. The first-order valence-corrected chi connectivity index (χ1v) is 7.33. The zero-order chi connectivity index (χ0) is 15.3. The van der Waals surface area contributed by atoms with Gasteiger partial charge in [-0.25, -0.2) is 13.1 Å². The van der Waals surface area contributed by atoms with Crippen LogP contribution < -0.4 is 15.8 Å². The Morgan fingerprint density at radius 1 is 1.45 bits per heavy atom. The summed E-state index contributed by atoms with van der Waals surface area (Å²) in [5, 5.41) is 11.3. The van der Waals surface area contributed by atoms with Gasteiger partial charge in [0.2, 0.25) is 15.9 Å². The molecule has 1 amide bonds. The minimum atomic E-state index is -3.89.